The minimum Gasteiger partial charge on any atom is -0.478 e. The summed E-state index contributed by atoms with van der Waals surface area (Å²) in [5, 5.41) is 4.39. The first-order chi connectivity index (χ1) is 6.79. The second kappa shape index (κ2) is 5.50. The molecule has 76 valence electrons. The topological polar surface area (TPSA) is 30.8 Å². The van der Waals surface area contributed by atoms with Crippen LogP contribution in [-0.4, -0.2) is 19.6 Å². The molecule has 0 saturated carbocycles. The standard InChI is InChI=1S/C10H12ClNO2/c1-3-14-12-10(13-2)8-6-4-5-7-9(8)11/h4-7H,3H2,1-2H3/b12-10-. The first-order valence-electron chi connectivity index (χ1n) is 4.28. The molecule has 0 spiro atoms. The quantitative estimate of drug-likeness (QED) is 0.439. The number of nitrogens with zero attached hydrogens (tertiary/aromatic N) is 1. The number of benzene rings is 1. The molecule has 0 aromatic heterocycles. The Bertz CT molecular complexity index is 326. The maximum absolute atomic E-state index is 5.96. The van der Waals surface area contributed by atoms with Gasteiger partial charge >= 0.3 is 0 Å². The smallest absolute Gasteiger partial charge is 0.258 e. The van der Waals surface area contributed by atoms with Crippen LogP contribution in [0, 0.1) is 0 Å². The number of halogens is 1. The van der Waals surface area contributed by atoms with E-state index in [0.29, 0.717) is 17.5 Å². The molecule has 0 aliphatic rings. The van der Waals surface area contributed by atoms with Crippen molar-refractivity contribution in [1.82, 2.24) is 0 Å². The van der Waals surface area contributed by atoms with E-state index in [1.165, 1.54) is 7.11 Å². The van der Waals surface area contributed by atoms with Crippen LogP contribution in [0.15, 0.2) is 29.4 Å². The average molecular weight is 214 g/mol. The van der Waals surface area contributed by atoms with Crippen molar-refractivity contribution in [3.63, 3.8) is 0 Å². The molecular weight excluding hydrogens is 202 g/mol. The second-order valence-electron chi connectivity index (χ2n) is 2.50. The van der Waals surface area contributed by atoms with E-state index in [0.717, 1.165) is 5.56 Å². The van der Waals surface area contributed by atoms with E-state index < -0.39 is 0 Å². The molecule has 0 aliphatic carbocycles. The van der Waals surface area contributed by atoms with Crippen LogP contribution in [0.5, 0.6) is 0 Å². The monoisotopic (exact) mass is 213 g/mol. The van der Waals surface area contributed by atoms with Crippen molar-refractivity contribution >= 4 is 17.5 Å². The zero-order valence-electron chi connectivity index (χ0n) is 8.16. The van der Waals surface area contributed by atoms with Crippen LogP contribution in [0.3, 0.4) is 0 Å². The minimum absolute atomic E-state index is 0.387. The molecule has 4 heteroatoms. The molecule has 0 atom stereocenters. The lowest BCUT2D eigenvalue weighted by atomic mass is 10.2. The fourth-order valence-electron chi connectivity index (χ4n) is 0.954. The van der Waals surface area contributed by atoms with Gasteiger partial charge in [-0.2, -0.15) is 0 Å². The molecule has 0 bridgehead atoms. The van der Waals surface area contributed by atoms with Crippen molar-refractivity contribution in [2.24, 2.45) is 5.16 Å². The summed E-state index contributed by atoms with van der Waals surface area (Å²) in [5.41, 5.74) is 0.727. The summed E-state index contributed by atoms with van der Waals surface area (Å²) >= 11 is 5.96. The highest BCUT2D eigenvalue weighted by Crippen LogP contribution is 2.16. The fraction of sp³-hybridized carbons (Fsp3) is 0.300. The fourth-order valence-corrected chi connectivity index (χ4v) is 1.17. The van der Waals surface area contributed by atoms with Crippen LogP contribution in [0.25, 0.3) is 0 Å². The normalized spacial score (nSPS) is 11.2. The van der Waals surface area contributed by atoms with E-state index in [1.807, 2.05) is 25.1 Å². The zero-order chi connectivity index (χ0) is 10.4. The number of oxime groups is 1. The van der Waals surface area contributed by atoms with Gasteiger partial charge in [0.2, 0.25) is 0 Å². The SMILES string of the molecule is CCO/N=C(\OC)c1ccccc1Cl. The van der Waals surface area contributed by atoms with Crippen LogP contribution in [0.4, 0.5) is 0 Å². The highest BCUT2D eigenvalue weighted by atomic mass is 35.5. The van der Waals surface area contributed by atoms with Crippen LogP contribution in [0.1, 0.15) is 12.5 Å². The van der Waals surface area contributed by atoms with E-state index in [2.05, 4.69) is 5.16 Å². The largest absolute Gasteiger partial charge is 0.478 e. The summed E-state index contributed by atoms with van der Waals surface area (Å²) in [5.74, 6) is 0.387. The van der Waals surface area contributed by atoms with Crippen molar-refractivity contribution in [1.29, 1.82) is 0 Å². The van der Waals surface area contributed by atoms with Gasteiger partial charge in [0.15, 0.2) is 0 Å². The van der Waals surface area contributed by atoms with Crippen LogP contribution >= 0.6 is 11.6 Å². The predicted octanol–water partition coefficient (Wildman–Crippen LogP) is 2.68. The predicted molar refractivity (Wildman–Crippen MR) is 56.6 cm³/mol. The van der Waals surface area contributed by atoms with E-state index >= 15 is 0 Å². The van der Waals surface area contributed by atoms with Crippen LogP contribution in [-0.2, 0) is 9.57 Å². The summed E-state index contributed by atoms with van der Waals surface area (Å²) in [7, 11) is 1.53. The first kappa shape index (κ1) is 10.9. The third kappa shape index (κ3) is 2.64. The lowest BCUT2D eigenvalue weighted by Gasteiger charge is -2.05. The van der Waals surface area contributed by atoms with Crippen molar-refractivity contribution in [2.45, 2.75) is 6.92 Å². The Morgan fingerprint density at radius 3 is 2.71 bits per heavy atom. The number of hydrogen-bond acceptors (Lipinski definition) is 3. The Morgan fingerprint density at radius 1 is 1.43 bits per heavy atom. The van der Waals surface area contributed by atoms with E-state index in [9.17, 15) is 0 Å². The highest BCUT2D eigenvalue weighted by Gasteiger charge is 2.07. The molecule has 0 aliphatic heterocycles. The van der Waals surface area contributed by atoms with Crippen LogP contribution in [0.2, 0.25) is 5.02 Å². The molecule has 1 aromatic carbocycles. The number of ether oxygens (including phenoxy) is 1. The zero-order valence-corrected chi connectivity index (χ0v) is 8.91. The average Bonchev–Trinajstić information content (AvgIpc) is 2.21. The summed E-state index contributed by atoms with van der Waals surface area (Å²) in [4.78, 5) is 4.90. The molecule has 0 saturated heterocycles. The maximum atomic E-state index is 5.96. The number of methoxy groups -OCH3 is 1. The van der Waals surface area contributed by atoms with E-state index in [-0.39, 0.29) is 0 Å². The molecule has 1 aromatic rings. The molecule has 1 rings (SSSR count). The van der Waals surface area contributed by atoms with Gasteiger partial charge in [0.05, 0.1) is 17.7 Å². The van der Waals surface area contributed by atoms with Crippen molar-refractivity contribution in [3.8, 4) is 0 Å². The third-order valence-corrected chi connectivity index (χ3v) is 1.90. The maximum Gasteiger partial charge on any atom is 0.258 e. The van der Waals surface area contributed by atoms with Gasteiger partial charge in [-0.15, -0.1) is 0 Å². The lowest BCUT2D eigenvalue weighted by Crippen LogP contribution is -2.05. The van der Waals surface area contributed by atoms with Gasteiger partial charge in [-0.05, 0) is 24.2 Å². The van der Waals surface area contributed by atoms with E-state index in [4.69, 9.17) is 21.2 Å². The Labute approximate surface area is 88.3 Å². The molecule has 0 radical (unpaired) electrons. The Balaban J connectivity index is 2.95. The van der Waals surface area contributed by atoms with Gasteiger partial charge in [0.1, 0.15) is 6.61 Å². The van der Waals surface area contributed by atoms with Crippen molar-refractivity contribution in [2.75, 3.05) is 13.7 Å². The van der Waals surface area contributed by atoms with Gasteiger partial charge in [-0.3, -0.25) is 0 Å². The van der Waals surface area contributed by atoms with Crippen molar-refractivity contribution < 1.29 is 9.57 Å². The van der Waals surface area contributed by atoms with Gasteiger partial charge < -0.3 is 9.57 Å². The van der Waals surface area contributed by atoms with Gasteiger partial charge in [0, 0.05) is 0 Å². The van der Waals surface area contributed by atoms with Crippen LogP contribution < -0.4 is 0 Å². The summed E-state index contributed by atoms with van der Waals surface area (Å²) in [6.07, 6.45) is 0. The molecule has 0 amide bonds. The molecule has 0 heterocycles. The molecular formula is C10H12ClNO2. The highest BCUT2D eigenvalue weighted by molar-refractivity contribution is 6.33. The number of rotatable bonds is 3. The van der Waals surface area contributed by atoms with E-state index in [1.54, 1.807) is 6.07 Å². The number of hydrogen-bond donors (Lipinski definition) is 0. The lowest BCUT2D eigenvalue weighted by molar-refractivity contribution is 0.149. The molecule has 14 heavy (non-hydrogen) atoms. The Morgan fingerprint density at radius 2 is 2.14 bits per heavy atom. The van der Waals surface area contributed by atoms with Crippen molar-refractivity contribution in [3.05, 3.63) is 34.9 Å². The van der Waals surface area contributed by atoms with Gasteiger partial charge in [-0.25, -0.2) is 0 Å². The Hall–Kier alpha value is -1.22. The molecule has 0 fully saturated rings. The first-order valence-corrected chi connectivity index (χ1v) is 4.66. The third-order valence-electron chi connectivity index (χ3n) is 1.57. The van der Waals surface area contributed by atoms with Gasteiger partial charge in [0.25, 0.3) is 5.90 Å². The summed E-state index contributed by atoms with van der Waals surface area (Å²) < 4.78 is 5.06. The second-order valence-corrected chi connectivity index (χ2v) is 2.91. The molecule has 0 unspecified atom stereocenters. The summed E-state index contributed by atoms with van der Waals surface area (Å²) in [6, 6.07) is 7.31. The Kier molecular flexibility index (Phi) is 4.26. The summed E-state index contributed by atoms with van der Waals surface area (Å²) in [6.45, 7) is 2.35. The molecule has 3 nitrogen and oxygen atoms in total. The molecule has 0 N–H and O–H groups in total. The minimum atomic E-state index is 0.387. The van der Waals surface area contributed by atoms with Gasteiger partial charge in [-0.1, -0.05) is 23.7 Å².